The number of nitriles is 1. The average molecular weight is 474 g/mol. The molecule has 2 aromatic carbocycles. The maximum Gasteiger partial charge on any atom is 0.345 e. The van der Waals surface area contributed by atoms with Gasteiger partial charge in [0, 0.05) is 28.6 Å². The monoisotopic (exact) mass is 473 g/mol. The second-order valence-corrected chi connectivity index (χ2v) is 8.00. The molecule has 0 unspecified atom stereocenters. The molecule has 0 aliphatic carbocycles. The summed E-state index contributed by atoms with van der Waals surface area (Å²) in [6, 6.07) is 14.2. The van der Waals surface area contributed by atoms with Crippen LogP contribution in [0, 0.1) is 11.3 Å². The summed E-state index contributed by atoms with van der Waals surface area (Å²) in [5.74, 6) is 0.665. The maximum atomic E-state index is 12.5. The van der Waals surface area contributed by atoms with Crippen molar-refractivity contribution in [3.63, 3.8) is 0 Å². The molecule has 0 amide bonds. The molecule has 0 spiro atoms. The first kappa shape index (κ1) is 22.8. The minimum absolute atomic E-state index is 0.185. The second-order valence-electron chi connectivity index (χ2n) is 7.15. The lowest BCUT2D eigenvalue weighted by Gasteiger charge is -2.13. The van der Waals surface area contributed by atoms with Crippen molar-refractivity contribution >= 4 is 39.3 Å². The van der Waals surface area contributed by atoms with Crippen molar-refractivity contribution in [1.82, 2.24) is 4.98 Å². The highest BCUT2D eigenvalue weighted by Gasteiger charge is 2.16. The number of carbonyl (C=O) groups is 1. The summed E-state index contributed by atoms with van der Waals surface area (Å²) in [5, 5.41) is 15.6. The van der Waals surface area contributed by atoms with Crippen molar-refractivity contribution in [2.24, 2.45) is 0 Å². The van der Waals surface area contributed by atoms with E-state index >= 15 is 0 Å². The van der Waals surface area contributed by atoms with Crippen molar-refractivity contribution in [3.05, 3.63) is 75.0 Å². The molecule has 0 aliphatic rings. The Bertz CT molecular complexity index is 1530. The number of rotatable bonds is 7. The Kier molecular flexibility index (Phi) is 6.43. The number of benzene rings is 2. The highest BCUT2D eigenvalue weighted by atomic mass is 32.1. The summed E-state index contributed by atoms with van der Waals surface area (Å²) in [6.45, 7) is 1.43. The number of carbonyl (C=O) groups excluding carboxylic acids is 1. The Morgan fingerprint density at radius 3 is 2.62 bits per heavy atom. The van der Waals surface area contributed by atoms with Crippen molar-refractivity contribution in [3.8, 4) is 28.8 Å². The molecule has 8 nitrogen and oxygen atoms in total. The minimum Gasteiger partial charge on any atom is -0.493 e. The van der Waals surface area contributed by atoms with E-state index < -0.39 is 5.63 Å². The third-order valence-electron chi connectivity index (χ3n) is 5.05. The Labute approximate surface area is 198 Å². The Morgan fingerprint density at radius 1 is 1.18 bits per heavy atom. The number of allylic oxidation sites excluding steroid dienone is 1. The zero-order valence-corrected chi connectivity index (χ0v) is 19.4. The molecule has 2 heterocycles. The zero-order chi connectivity index (χ0) is 24.2. The lowest BCUT2D eigenvalue weighted by molar-refractivity contribution is 0.101. The van der Waals surface area contributed by atoms with Crippen LogP contribution >= 0.6 is 11.3 Å². The van der Waals surface area contributed by atoms with Crippen molar-refractivity contribution in [2.75, 3.05) is 19.5 Å². The molecule has 0 saturated carbocycles. The number of hydrogen-bond donors (Lipinski definition) is 1. The highest BCUT2D eigenvalue weighted by molar-refractivity contribution is 7.11. The van der Waals surface area contributed by atoms with Gasteiger partial charge in [-0.2, -0.15) is 5.26 Å². The number of methoxy groups -OCH3 is 2. The van der Waals surface area contributed by atoms with E-state index in [1.165, 1.54) is 38.7 Å². The number of ether oxygens (including phenoxy) is 2. The number of fused-ring (bicyclic) bond motifs is 1. The van der Waals surface area contributed by atoms with E-state index in [0.717, 1.165) is 5.39 Å². The molecule has 0 radical (unpaired) electrons. The van der Waals surface area contributed by atoms with E-state index in [0.29, 0.717) is 44.6 Å². The van der Waals surface area contributed by atoms with E-state index in [9.17, 15) is 14.9 Å². The molecule has 9 heteroatoms. The molecule has 0 atom stereocenters. The fraction of sp³-hybridized carbons (Fsp3) is 0.120. The van der Waals surface area contributed by atoms with Gasteiger partial charge >= 0.3 is 5.63 Å². The lowest BCUT2D eigenvalue weighted by atomic mass is 10.1. The number of Topliss-reactive ketones (excluding diaryl/α,β-unsaturated/α-hetero) is 1. The first-order valence-corrected chi connectivity index (χ1v) is 11.0. The van der Waals surface area contributed by atoms with E-state index in [1.54, 1.807) is 35.7 Å². The summed E-state index contributed by atoms with van der Waals surface area (Å²) < 4.78 is 16.0. The van der Waals surface area contributed by atoms with Crippen LogP contribution in [0.25, 0.3) is 27.8 Å². The van der Waals surface area contributed by atoms with E-state index in [4.69, 9.17) is 13.9 Å². The predicted octanol–water partition coefficient (Wildman–Crippen LogP) is 5.11. The van der Waals surface area contributed by atoms with Gasteiger partial charge in [0.2, 0.25) is 0 Å². The molecule has 2 aromatic heterocycles. The van der Waals surface area contributed by atoms with Gasteiger partial charge in [-0.05, 0) is 25.1 Å². The predicted molar refractivity (Wildman–Crippen MR) is 130 cm³/mol. The lowest BCUT2D eigenvalue weighted by Crippen LogP contribution is -2.03. The first-order chi connectivity index (χ1) is 16.4. The van der Waals surface area contributed by atoms with Gasteiger partial charge in [0.25, 0.3) is 0 Å². The maximum absolute atomic E-state index is 12.5. The smallest absolute Gasteiger partial charge is 0.345 e. The molecule has 1 N–H and O–H groups in total. The molecular formula is C25H19N3O5S. The molecule has 0 saturated heterocycles. The van der Waals surface area contributed by atoms with Crippen LogP contribution < -0.4 is 20.4 Å². The fourth-order valence-electron chi connectivity index (χ4n) is 3.34. The number of nitrogens with zero attached hydrogens (tertiary/aromatic N) is 2. The number of ketones is 1. The normalized spacial score (nSPS) is 11.2. The Hall–Kier alpha value is -4.42. The number of thiazole rings is 1. The van der Waals surface area contributed by atoms with Gasteiger partial charge in [0.05, 0.1) is 31.2 Å². The van der Waals surface area contributed by atoms with Crippen LogP contribution in [0.3, 0.4) is 0 Å². The number of aromatic nitrogens is 1. The van der Waals surface area contributed by atoms with E-state index in [2.05, 4.69) is 16.4 Å². The van der Waals surface area contributed by atoms with E-state index in [-0.39, 0.29) is 11.4 Å². The highest BCUT2D eigenvalue weighted by Crippen LogP contribution is 2.34. The van der Waals surface area contributed by atoms with Crippen molar-refractivity contribution in [2.45, 2.75) is 6.92 Å². The van der Waals surface area contributed by atoms with Crippen LogP contribution in [0.5, 0.6) is 11.5 Å². The third-order valence-corrected chi connectivity index (χ3v) is 5.92. The number of hydrogen-bond acceptors (Lipinski definition) is 9. The van der Waals surface area contributed by atoms with Gasteiger partial charge in [-0.25, -0.2) is 9.78 Å². The molecular weight excluding hydrogens is 454 g/mol. The molecule has 170 valence electrons. The quantitative estimate of drug-likeness (QED) is 0.224. The van der Waals surface area contributed by atoms with Crippen LogP contribution in [0.4, 0.5) is 5.69 Å². The molecule has 34 heavy (non-hydrogen) atoms. The van der Waals surface area contributed by atoms with Gasteiger partial charge in [-0.3, -0.25) is 4.79 Å². The molecule has 4 aromatic rings. The summed E-state index contributed by atoms with van der Waals surface area (Å²) in [6.07, 6.45) is 1.46. The van der Waals surface area contributed by atoms with Crippen molar-refractivity contribution < 1.29 is 18.7 Å². The Balaban J connectivity index is 1.68. The molecule has 0 aliphatic heterocycles. The summed E-state index contributed by atoms with van der Waals surface area (Å²) in [5.41, 5.74) is 1.76. The van der Waals surface area contributed by atoms with Gasteiger partial charge in [-0.15, -0.1) is 11.3 Å². The largest absolute Gasteiger partial charge is 0.493 e. The first-order valence-electron chi connectivity index (χ1n) is 10.1. The Morgan fingerprint density at radius 2 is 1.91 bits per heavy atom. The van der Waals surface area contributed by atoms with Gasteiger partial charge in [-0.1, -0.05) is 18.2 Å². The van der Waals surface area contributed by atoms with Gasteiger partial charge in [0.1, 0.15) is 22.2 Å². The van der Waals surface area contributed by atoms with Crippen LogP contribution in [-0.4, -0.2) is 25.0 Å². The van der Waals surface area contributed by atoms with E-state index in [1.807, 2.05) is 12.1 Å². The minimum atomic E-state index is -0.507. The van der Waals surface area contributed by atoms with Crippen LogP contribution in [0.1, 0.15) is 22.3 Å². The van der Waals surface area contributed by atoms with Crippen molar-refractivity contribution in [1.29, 1.82) is 5.26 Å². The topological polar surface area (TPSA) is 114 Å². The van der Waals surface area contributed by atoms with Gasteiger partial charge in [0.15, 0.2) is 17.3 Å². The SMILES string of the molecule is COc1cc(N/C=C(\C#N)c2nc(-c3cc4ccccc4oc3=O)cs2)c(C(C)=O)cc1OC. The van der Waals surface area contributed by atoms with Gasteiger partial charge < -0.3 is 19.2 Å². The number of nitrogens with one attached hydrogen (secondary N) is 1. The average Bonchev–Trinajstić information content (AvgIpc) is 3.33. The number of para-hydroxylation sites is 1. The summed E-state index contributed by atoms with van der Waals surface area (Å²) in [4.78, 5) is 29.1. The zero-order valence-electron chi connectivity index (χ0n) is 18.5. The number of anilines is 1. The second kappa shape index (κ2) is 9.60. The van der Waals surface area contributed by atoms with Crippen LogP contribution in [0.2, 0.25) is 0 Å². The van der Waals surface area contributed by atoms with Crippen LogP contribution in [-0.2, 0) is 0 Å². The molecule has 0 fully saturated rings. The molecule has 0 bridgehead atoms. The standard InChI is InChI=1S/C25H19N3O5S/c1-14(29)17-9-22(31-2)23(32-3)10-19(17)27-12-16(11-26)24-28-20(13-34-24)18-8-15-6-4-5-7-21(15)33-25(18)30/h4-10,12-13,27H,1-3H3/b16-12+. The summed E-state index contributed by atoms with van der Waals surface area (Å²) >= 11 is 1.22. The molecule has 4 rings (SSSR count). The van der Waals surface area contributed by atoms with Crippen LogP contribution in [0.15, 0.2) is 63.3 Å². The fourth-order valence-corrected chi connectivity index (χ4v) is 4.13. The third kappa shape index (κ3) is 4.40. The summed E-state index contributed by atoms with van der Waals surface area (Å²) in [7, 11) is 2.98.